The third-order valence-corrected chi connectivity index (χ3v) is 3.77. The van der Waals surface area contributed by atoms with Crippen LogP contribution in [-0.2, 0) is 11.2 Å². The van der Waals surface area contributed by atoms with Crippen LogP contribution in [0.1, 0.15) is 11.1 Å². The highest BCUT2D eigenvalue weighted by atomic mass is 35.5. The van der Waals surface area contributed by atoms with Crippen molar-refractivity contribution in [1.29, 1.82) is 0 Å². The van der Waals surface area contributed by atoms with Gasteiger partial charge in [0.05, 0.1) is 23.0 Å². The van der Waals surface area contributed by atoms with Crippen LogP contribution in [0, 0.1) is 6.92 Å². The van der Waals surface area contributed by atoms with Crippen LogP contribution in [0.5, 0.6) is 5.75 Å². The van der Waals surface area contributed by atoms with Crippen LogP contribution in [-0.4, -0.2) is 19.1 Å². The summed E-state index contributed by atoms with van der Waals surface area (Å²) in [5.41, 5.74) is 1.97. The Balaban J connectivity index is 1.72. The molecule has 0 fully saturated rings. The van der Waals surface area contributed by atoms with E-state index in [2.05, 4.69) is 5.32 Å². The fourth-order valence-corrected chi connectivity index (χ4v) is 2.28. The standard InChI is InChI=1S/C17H17Cl2NO2/c1-12-3-2-4-14(9-12)22-8-7-20-17(21)11-13-5-6-15(18)16(19)10-13/h2-6,9-10H,7-8,11H2,1H3,(H,20,21). The Hall–Kier alpha value is -1.71. The molecule has 116 valence electrons. The highest BCUT2D eigenvalue weighted by Gasteiger charge is 2.05. The fourth-order valence-electron chi connectivity index (χ4n) is 1.96. The molecule has 0 saturated heterocycles. The smallest absolute Gasteiger partial charge is 0.224 e. The topological polar surface area (TPSA) is 38.3 Å². The van der Waals surface area contributed by atoms with Gasteiger partial charge >= 0.3 is 0 Å². The van der Waals surface area contributed by atoms with Crippen molar-refractivity contribution in [2.75, 3.05) is 13.2 Å². The molecule has 22 heavy (non-hydrogen) atoms. The van der Waals surface area contributed by atoms with Gasteiger partial charge in [0, 0.05) is 0 Å². The number of amides is 1. The van der Waals surface area contributed by atoms with Crippen molar-refractivity contribution in [1.82, 2.24) is 5.32 Å². The van der Waals surface area contributed by atoms with E-state index in [1.54, 1.807) is 18.2 Å². The molecule has 0 atom stereocenters. The minimum atomic E-state index is -0.0776. The van der Waals surface area contributed by atoms with Crippen molar-refractivity contribution in [2.45, 2.75) is 13.3 Å². The number of rotatable bonds is 6. The molecule has 0 spiro atoms. The summed E-state index contributed by atoms with van der Waals surface area (Å²) in [4.78, 5) is 11.8. The Bertz CT molecular complexity index is 659. The Morgan fingerprint density at radius 2 is 1.95 bits per heavy atom. The van der Waals surface area contributed by atoms with Gasteiger partial charge in [0.25, 0.3) is 0 Å². The van der Waals surface area contributed by atoms with Gasteiger partial charge in [0.2, 0.25) is 5.91 Å². The molecule has 0 unspecified atom stereocenters. The molecule has 0 aliphatic heterocycles. The van der Waals surface area contributed by atoms with Gasteiger partial charge in [-0.15, -0.1) is 0 Å². The lowest BCUT2D eigenvalue weighted by Gasteiger charge is -2.08. The Labute approximate surface area is 140 Å². The number of carbonyl (C=O) groups is 1. The zero-order chi connectivity index (χ0) is 15.9. The minimum Gasteiger partial charge on any atom is -0.492 e. The summed E-state index contributed by atoms with van der Waals surface area (Å²) >= 11 is 11.8. The maximum Gasteiger partial charge on any atom is 0.224 e. The maximum atomic E-state index is 11.8. The minimum absolute atomic E-state index is 0.0776. The van der Waals surface area contributed by atoms with Crippen LogP contribution < -0.4 is 10.1 Å². The van der Waals surface area contributed by atoms with Crippen molar-refractivity contribution in [3.05, 3.63) is 63.6 Å². The average Bonchev–Trinajstić information content (AvgIpc) is 2.48. The van der Waals surface area contributed by atoms with Crippen LogP contribution >= 0.6 is 23.2 Å². The molecular weight excluding hydrogens is 321 g/mol. The second kappa shape index (κ2) is 8.06. The average molecular weight is 338 g/mol. The predicted octanol–water partition coefficient (Wildman–Crippen LogP) is 4.04. The lowest BCUT2D eigenvalue weighted by Crippen LogP contribution is -2.29. The van der Waals surface area contributed by atoms with E-state index in [4.69, 9.17) is 27.9 Å². The molecule has 0 saturated carbocycles. The number of nitrogens with one attached hydrogen (secondary N) is 1. The second-order valence-electron chi connectivity index (χ2n) is 4.94. The van der Waals surface area contributed by atoms with Crippen molar-refractivity contribution >= 4 is 29.1 Å². The number of ether oxygens (including phenoxy) is 1. The monoisotopic (exact) mass is 337 g/mol. The number of aryl methyl sites for hydroxylation is 1. The highest BCUT2D eigenvalue weighted by Crippen LogP contribution is 2.22. The van der Waals surface area contributed by atoms with E-state index in [0.29, 0.717) is 23.2 Å². The second-order valence-corrected chi connectivity index (χ2v) is 5.75. The van der Waals surface area contributed by atoms with Gasteiger partial charge in [-0.3, -0.25) is 4.79 Å². The first-order valence-electron chi connectivity index (χ1n) is 6.94. The van der Waals surface area contributed by atoms with Crippen LogP contribution in [0.3, 0.4) is 0 Å². The summed E-state index contributed by atoms with van der Waals surface area (Å²) in [6.45, 7) is 2.89. The van der Waals surface area contributed by atoms with E-state index >= 15 is 0 Å². The van der Waals surface area contributed by atoms with Crippen molar-refractivity contribution in [3.63, 3.8) is 0 Å². The quantitative estimate of drug-likeness (QED) is 0.808. The molecule has 0 radical (unpaired) electrons. The molecule has 2 rings (SSSR count). The highest BCUT2D eigenvalue weighted by molar-refractivity contribution is 6.42. The molecule has 2 aromatic carbocycles. The van der Waals surface area contributed by atoms with Gasteiger partial charge in [-0.1, -0.05) is 41.4 Å². The van der Waals surface area contributed by atoms with Crippen LogP contribution in [0.25, 0.3) is 0 Å². The van der Waals surface area contributed by atoms with Crippen molar-refractivity contribution in [2.24, 2.45) is 0 Å². The van der Waals surface area contributed by atoms with Gasteiger partial charge in [-0.2, -0.15) is 0 Å². The first-order valence-corrected chi connectivity index (χ1v) is 7.70. The van der Waals surface area contributed by atoms with Gasteiger partial charge in [0.15, 0.2) is 0 Å². The Morgan fingerprint density at radius 3 is 2.68 bits per heavy atom. The number of hydrogen-bond acceptors (Lipinski definition) is 2. The SMILES string of the molecule is Cc1cccc(OCCNC(=O)Cc2ccc(Cl)c(Cl)c2)c1. The lowest BCUT2D eigenvalue weighted by atomic mass is 10.1. The van der Waals surface area contributed by atoms with Crippen molar-refractivity contribution < 1.29 is 9.53 Å². The summed E-state index contributed by atoms with van der Waals surface area (Å²) in [5, 5.41) is 3.75. The van der Waals surface area contributed by atoms with Gasteiger partial charge < -0.3 is 10.1 Å². The summed E-state index contributed by atoms with van der Waals surface area (Å²) in [6, 6.07) is 13.0. The Morgan fingerprint density at radius 1 is 1.14 bits per heavy atom. The predicted molar refractivity (Wildman–Crippen MR) is 89.8 cm³/mol. The molecule has 0 aliphatic carbocycles. The molecule has 3 nitrogen and oxygen atoms in total. The Kier molecular flexibility index (Phi) is 6.10. The first-order chi connectivity index (χ1) is 10.5. The van der Waals surface area contributed by atoms with E-state index in [9.17, 15) is 4.79 Å². The maximum absolute atomic E-state index is 11.8. The third-order valence-electron chi connectivity index (χ3n) is 3.03. The molecule has 1 amide bonds. The van der Waals surface area contributed by atoms with E-state index in [1.807, 2.05) is 31.2 Å². The van der Waals surface area contributed by atoms with E-state index in [-0.39, 0.29) is 12.3 Å². The summed E-state index contributed by atoms with van der Waals surface area (Å²) < 4.78 is 5.57. The van der Waals surface area contributed by atoms with E-state index in [1.165, 1.54) is 0 Å². The summed E-state index contributed by atoms with van der Waals surface area (Å²) in [7, 11) is 0. The fraction of sp³-hybridized carbons (Fsp3) is 0.235. The van der Waals surface area contributed by atoms with Crippen LogP contribution in [0.4, 0.5) is 0 Å². The summed E-state index contributed by atoms with van der Waals surface area (Å²) in [5.74, 6) is 0.727. The zero-order valence-corrected chi connectivity index (χ0v) is 13.7. The van der Waals surface area contributed by atoms with E-state index < -0.39 is 0 Å². The molecule has 5 heteroatoms. The molecule has 2 aromatic rings. The molecule has 0 heterocycles. The number of carbonyl (C=O) groups excluding carboxylic acids is 1. The molecule has 0 aliphatic rings. The third kappa shape index (κ3) is 5.24. The number of benzene rings is 2. The first kappa shape index (κ1) is 16.7. The molecule has 0 bridgehead atoms. The van der Waals surface area contributed by atoms with Crippen LogP contribution in [0.2, 0.25) is 10.0 Å². The molecule has 0 aromatic heterocycles. The number of hydrogen-bond donors (Lipinski definition) is 1. The molecule has 1 N–H and O–H groups in total. The number of halogens is 2. The largest absolute Gasteiger partial charge is 0.492 e. The van der Waals surface area contributed by atoms with Crippen molar-refractivity contribution in [3.8, 4) is 5.75 Å². The zero-order valence-electron chi connectivity index (χ0n) is 12.2. The van der Waals surface area contributed by atoms with Gasteiger partial charge in [0.1, 0.15) is 12.4 Å². The van der Waals surface area contributed by atoms with Crippen LogP contribution in [0.15, 0.2) is 42.5 Å². The van der Waals surface area contributed by atoms with Gasteiger partial charge in [-0.25, -0.2) is 0 Å². The van der Waals surface area contributed by atoms with E-state index in [0.717, 1.165) is 16.9 Å². The molecular formula is C17H17Cl2NO2. The summed E-state index contributed by atoms with van der Waals surface area (Å²) in [6.07, 6.45) is 0.265. The lowest BCUT2D eigenvalue weighted by molar-refractivity contribution is -0.120. The van der Waals surface area contributed by atoms with Gasteiger partial charge in [-0.05, 0) is 42.3 Å². The normalized spacial score (nSPS) is 10.3.